The van der Waals surface area contributed by atoms with Gasteiger partial charge in [0.05, 0.1) is 14.9 Å². The molecule has 2 N–H and O–H groups in total. The van der Waals surface area contributed by atoms with Gasteiger partial charge in [-0.15, -0.1) is 11.3 Å². The smallest absolute Gasteiger partial charge is 0.332 e. The van der Waals surface area contributed by atoms with Crippen LogP contribution in [0.25, 0.3) is 0 Å². The third kappa shape index (κ3) is 3.12. The Morgan fingerprint density at radius 1 is 1.47 bits per heavy atom. The van der Waals surface area contributed by atoms with Crippen molar-refractivity contribution in [3.63, 3.8) is 0 Å². The zero-order chi connectivity index (χ0) is 14.0. The highest BCUT2D eigenvalue weighted by Crippen LogP contribution is 2.22. The van der Waals surface area contributed by atoms with Crippen molar-refractivity contribution >= 4 is 34.8 Å². The number of carbonyl (C=O) groups is 2. The topological polar surface area (TPSA) is 84.2 Å². The van der Waals surface area contributed by atoms with Crippen molar-refractivity contribution in [2.24, 2.45) is 7.05 Å². The normalized spacial score (nSPS) is 12.1. The van der Waals surface area contributed by atoms with Crippen molar-refractivity contribution in [1.29, 1.82) is 0 Å². The summed E-state index contributed by atoms with van der Waals surface area (Å²) in [6, 6.07) is 3.48. The lowest BCUT2D eigenvalue weighted by Gasteiger charge is -2.11. The summed E-state index contributed by atoms with van der Waals surface area (Å²) in [7, 11) is 1.67. The molecule has 0 fully saturated rings. The van der Waals surface area contributed by atoms with Gasteiger partial charge in [0.1, 0.15) is 0 Å². The summed E-state index contributed by atoms with van der Waals surface area (Å²) in [5.74, 6) is -1.66. The number of aryl methyl sites for hydroxylation is 1. The summed E-state index contributed by atoms with van der Waals surface area (Å²) in [6.45, 7) is 0. The van der Waals surface area contributed by atoms with Crippen LogP contribution in [0.4, 0.5) is 0 Å². The second kappa shape index (κ2) is 5.41. The maximum Gasteiger partial charge on any atom is 0.332 e. The van der Waals surface area contributed by atoms with E-state index in [9.17, 15) is 9.59 Å². The Hall–Kier alpha value is -1.86. The molecule has 19 heavy (non-hydrogen) atoms. The lowest BCUT2D eigenvalue weighted by molar-refractivity contribution is -0.139. The zero-order valence-corrected chi connectivity index (χ0v) is 11.4. The first-order valence-corrected chi connectivity index (χ1v) is 6.45. The average molecular weight is 300 g/mol. The third-order valence-electron chi connectivity index (χ3n) is 2.35. The highest BCUT2D eigenvalue weighted by atomic mass is 35.5. The lowest BCUT2D eigenvalue weighted by atomic mass is 10.2. The first-order valence-electron chi connectivity index (χ1n) is 5.26. The molecule has 0 saturated carbocycles. The number of carboxylic acids is 1. The van der Waals surface area contributed by atoms with E-state index in [0.29, 0.717) is 9.21 Å². The molecule has 0 spiro atoms. The highest BCUT2D eigenvalue weighted by molar-refractivity contribution is 7.18. The van der Waals surface area contributed by atoms with Crippen LogP contribution in [-0.4, -0.2) is 26.8 Å². The Bertz CT molecular complexity index is 622. The molecule has 2 aromatic heterocycles. The van der Waals surface area contributed by atoms with Crippen LogP contribution in [0, 0.1) is 0 Å². The van der Waals surface area contributed by atoms with Gasteiger partial charge in [0, 0.05) is 13.2 Å². The molecule has 0 aliphatic heterocycles. The number of nitrogens with zero attached hydrogens (tertiary/aromatic N) is 2. The standard InChI is InChI=1S/C11H10ClN3O3S/c1-15-5-4-6(14-15)9(11(17)18)13-10(16)7-2-3-8(12)19-7/h2-5,9H,1H3,(H,13,16)(H,17,18). The molecular weight excluding hydrogens is 290 g/mol. The Morgan fingerprint density at radius 3 is 2.68 bits per heavy atom. The van der Waals surface area contributed by atoms with Gasteiger partial charge in [0.15, 0.2) is 6.04 Å². The number of amides is 1. The Balaban J connectivity index is 2.18. The van der Waals surface area contributed by atoms with E-state index in [1.54, 1.807) is 31.4 Å². The average Bonchev–Trinajstić information content (AvgIpc) is 2.94. The Morgan fingerprint density at radius 2 is 2.21 bits per heavy atom. The summed E-state index contributed by atoms with van der Waals surface area (Å²) in [4.78, 5) is 23.4. The van der Waals surface area contributed by atoms with Crippen LogP contribution in [0.1, 0.15) is 21.4 Å². The number of rotatable bonds is 4. The summed E-state index contributed by atoms with van der Waals surface area (Å²) >= 11 is 6.82. The fraction of sp³-hybridized carbons (Fsp3) is 0.182. The molecular formula is C11H10ClN3O3S. The molecule has 6 nitrogen and oxygen atoms in total. The van der Waals surface area contributed by atoms with Crippen LogP contribution >= 0.6 is 22.9 Å². The molecule has 1 amide bonds. The second-order valence-corrected chi connectivity index (χ2v) is 5.48. The summed E-state index contributed by atoms with van der Waals surface area (Å²) < 4.78 is 1.94. The second-order valence-electron chi connectivity index (χ2n) is 3.76. The molecule has 8 heteroatoms. The quantitative estimate of drug-likeness (QED) is 0.900. The van der Waals surface area contributed by atoms with Crippen molar-refractivity contribution in [2.45, 2.75) is 6.04 Å². The van der Waals surface area contributed by atoms with Gasteiger partial charge in [-0.1, -0.05) is 11.6 Å². The predicted octanol–water partition coefficient (Wildman–Crippen LogP) is 1.69. The van der Waals surface area contributed by atoms with Crippen molar-refractivity contribution in [3.8, 4) is 0 Å². The van der Waals surface area contributed by atoms with E-state index < -0.39 is 17.9 Å². The Kier molecular flexibility index (Phi) is 3.87. The molecule has 2 rings (SSSR count). The van der Waals surface area contributed by atoms with E-state index in [2.05, 4.69) is 10.4 Å². The van der Waals surface area contributed by atoms with Crippen LogP contribution in [0.15, 0.2) is 24.4 Å². The van der Waals surface area contributed by atoms with Crippen LogP contribution in [-0.2, 0) is 11.8 Å². The number of hydrogen-bond acceptors (Lipinski definition) is 4. The zero-order valence-electron chi connectivity index (χ0n) is 9.83. The molecule has 0 radical (unpaired) electrons. The maximum atomic E-state index is 11.9. The van der Waals surface area contributed by atoms with Gasteiger partial charge < -0.3 is 10.4 Å². The van der Waals surface area contributed by atoms with Gasteiger partial charge in [-0.05, 0) is 18.2 Å². The molecule has 0 aromatic carbocycles. The van der Waals surface area contributed by atoms with Crippen molar-refractivity contribution < 1.29 is 14.7 Å². The monoisotopic (exact) mass is 299 g/mol. The molecule has 0 aliphatic carbocycles. The molecule has 1 unspecified atom stereocenters. The maximum absolute atomic E-state index is 11.9. The number of thiophene rings is 1. The van der Waals surface area contributed by atoms with Crippen LogP contribution in [0.3, 0.4) is 0 Å². The van der Waals surface area contributed by atoms with Gasteiger partial charge in [-0.2, -0.15) is 5.10 Å². The molecule has 0 saturated heterocycles. The number of halogens is 1. The van der Waals surface area contributed by atoms with E-state index in [-0.39, 0.29) is 5.69 Å². The third-order valence-corrected chi connectivity index (χ3v) is 3.58. The molecule has 100 valence electrons. The van der Waals surface area contributed by atoms with Gasteiger partial charge >= 0.3 is 5.97 Å². The van der Waals surface area contributed by atoms with Gasteiger partial charge in [0.25, 0.3) is 5.91 Å². The van der Waals surface area contributed by atoms with Gasteiger partial charge in [0.2, 0.25) is 0 Å². The van der Waals surface area contributed by atoms with E-state index in [0.717, 1.165) is 11.3 Å². The van der Waals surface area contributed by atoms with Crippen molar-refractivity contribution in [1.82, 2.24) is 15.1 Å². The minimum absolute atomic E-state index is 0.269. The summed E-state index contributed by atoms with van der Waals surface area (Å²) in [5.41, 5.74) is 0.269. The minimum Gasteiger partial charge on any atom is -0.479 e. The van der Waals surface area contributed by atoms with E-state index in [1.165, 1.54) is 4.68 Å². The van der Waals surface area contributed by atoms with Crippen molar-refractivity contribution in [2.75, 3.05) is 0 Å². The van der Waals surface area contributed by atoms with Crippen LogP contribution < -0.4 is 5.32 Å². The SMILES string of the molecule is Cn1ccc(C(NC(=O)c2ccc(Cl)s2)C(=O)O)n1. The molecule has 2 heterocycles. The Labute approximate surface area is 117 Å². The lowest BCUT2D eigenvalue weighted by Crippen LogP contribution is -2.33. The van der Waals surface area contributed by atoms with Gasteiger partial charge in [-0.25, -0.2) is 4.79 Å². The van der Waals surface area contributed by atoms with E-state index in [1.807, 2.05) is 0 Å². The predicted molar refractivity (Wildman–Crippen MR) is 70.4 cm³/mol. The van der Waals surface area contributed by atoms with Crippen molar-refractivity contribution in [3.05, 3.63) is 39.3 Å². The highest BCUT2D eigenvalue weighted by Gasteiger charge is 2.25. The van der Waals surface area contributed by atoms with Crippen LogP contribution in [0.2, 0.25) is 4.34 Å². The fourth-order valence-corrected chi connectivity index (χ4v) is 2.43. The number of hydrogen-bond donors (Lipinski definition) is 2. The molecule has 1 atom stereocenters. The number of nitrogens with one attached hydrogen (secondary N) is 1. The van der Waals surface area contributed by atoms with Crippen LogP contribution in [0.5, 0.6) is 0 Å². The molecule has 0 bridgehead atoms. The largest absolute Gasteiger partial charge is 0.479 e. The first kappa shape index (κ1) is 13.6. The summed E-state index contributed by atoms with van der Waals surface area (Å²) in [5, 5.41) is 15.5. The van der Waals surface area contributed by atoms with E-state index >= 15 is 0 Å². The molecule has 0 aliphatic rings. The van der Waals surface area contributed by atoms with Gasteiger partial charge in [-0.3, -0.25) is 9.48 Å². The number of carbonyl (C=O) groups excluding carboxylic acids is 1. The minimum atomic E-state index is -1.19. The summed E-state index contributed by atoms with van der Waals surface area (Å²) in [6.07, 6.45) is 1.61. The first-order chi connectivity index (χ1) is 8.97. The molecule has 2 aromatic rings. The number of aliphatic carboxylic acids is 1. The van der Waals surface area contributed by atoms with E-state index in [4.69, 9.17) is 16.7 Å². The number of carboxylic acid groups (broad SMARTS) is 1. The number of aromatic nitrogens is 2. The fourth-order valence-electron chi connectivity index (χ4n) is 1.49.